The molecule has 1 aromatic carbocycles. The molecule has 0 spiro atoms. The van der Waals surface area contributed by atoms with Crippen molar-refractivity contribution in [3.05, 3.63) is 45.6 Å². The van der Waals surface area contributed by atoms with E-state index in [1.165, 1.54) is 18.2 Å². The molecule has 0 saturated heterocycles. The first kappa shape index (κ1) is 20.5. The van der Waals surface area contributed by atoms with E-state index in [9.17, 15) is 22.8 Å². The van der Waals surface area contributed by atoms with Crippen LogP contribution in [0.15, 0.2) is 24.3 Å². The van der Waals surface area contributed by atoms with Crippen molar-refractivity contribution in [2.24, 2.45) is 0 Å². The summed E-state index contributed by atoms with van der Waals surface area (Å²) in [6, 6.07) is 3.07. The number of aromatic nitrogens is 2. The van der Waals surface area contributed by atoms with E-state index in [2.05, 4.69) is 10.4 Å². The third-order valence-electron chi connectivity index (χ3n) is 4.15. The molecule has 6 nitrogen and oxygen atoms in total. The fraction of sp³-hybridized carbons (Fsp3) is 0.353. The molecular weight excluding hydrogens is 422 g/mol. The molecule has 0 saturated carbocycles. The number of anilines is 1. The molecule has 0 bridgehead atoms. The van der Waals surface area contributed by atoms with Gasteiger partial charge in [-0.05, 0) is 31.5 Å². The molecule has 1 aromatic heterocycles. The van der Waals surface area contributed by atoms with Gasteiger partial charge in [0.2, 0.25) is 5.78 Å². The third kappa shape index (κ3) is 4.25. The van der Waals surface area contributed by atoms with Crippen molar-refractivity contribution in [3.8, 4) is 0 Å². The number of benzene rings is 1. The van der Waals surface area contributed by atoms with Crippen molar-refractivity contribution < 1.29 is 27.5 Å². The lowest BCUT2D eigenvalue weighted by Gasteiger charge is -2.31. The average molecular weight is 436 g/mol. The molecule has 3 rings (SSSR count). The Labute approximate surface area is 167 Å². The minimum absolute atomic E-state index is 0.0556. The van der Waals surface area contributed by atoms with Crippen LogP contribution in [0, 0.1) is 0 Å². The maximum absolute atomic E-state index is 13.2. The molecule has 1 aliphatic heterocycles. The summed E-state index contributed by atoms with van der Waals surface area (Å²) in [7, 11) is 0. The monoisotopic (exact) mass is 435 g/mol. The van der Waals surface area contributed by atoms with Crippen LogP contribution in [0.3, 0.4) is 0 Å². The maximum atomic E-state index is 13.2. The summed E-state index contributed by atoms with van der Waals surface area (Å²) >= 11 is 11.7. The highest BCUT2D eigenvalue weighted by Gasteiger charge is 2.45. The summed E-state index contributed by atoms with van der Waals surface area (Å²) < 4.78 is 45.3. The Morgan fingerprint density at radius 3 is 2.68 bits per heavy atom. The molecule has 28 heavy (non-hydrogen) atoms. The van der Waals surface area contributed by atoms with Gasteiger partial charge in [-0.25, -0.2) is 9.48 Å². The van der Waals surface area contributed by atoms with E-state index in [1.54, 1.807) is 6.92 Å². The molecule has 2 aromatic rings. The van der Waals surface area contributed by atoms with Gasteiger partial charge in [-0.15, -0.1) is 0 Å². The predicted octanol–water partition coefficient (Wildman–Crippen LogP) is 4.54. The molecule has 2 atom stereocenters. The second kappa shape index (κ2) is 7.63. The summed E-state index contributed by atoms with van der Waals surface area (Å²) in [4.78, 5) is 24.3. The van der Waals surface area contributed by atoms with Crippen LogP contribution in [0.1, 0.15) is 40.2 Å². The number of alkyl halides is 3. The van der Waals surface area contributed by atoms with Gasteiger partial charge in [0.15, 0.2) is 18.3 Å². The first-order chi connectivity index (χ1) is 13.1. The molecular formula is C17H14Cl2F3N3O3. The van der Waals surface area contributed by atoms with E-state index >= 15 is 0 Å². The quantitative estimate of drug-likeness (QED) is 0.563. The molecule has 0 aliphatic carbocycles. The minimum atomic E-state index is -4.51. The third-order valence-corrected chi connectivity index (χ3v) is 4.70. The van der Waals surface area contributed by atoms with Crippen LogP contribution in [0.25, 0.3) is 0 Å². The first-order valence-electron chi connectivity index (χ1n) is 8.14. The van der Waals surface area contributed by atoms with Gasteiger partial charge in [-0.1, -0.05) is 23.2 Å². The van der Waals surface area contributed by atoms with Crippen LogP contribution in [0.2, 0.25) is 10.0 Å². The maximum Gasteiger partial charge on any atom is 0.410 e. The van der Waals surface area contributed by atoms with Crippen molar-refractivity contribution >= 4 is 40.8 Å². The van der Waals surface area contributed by atoms with Gasteiger partial charge in [0.25, 0.3) is 0 Å². The predicted molar refractivity (Wildman–Crippen MR) is 96.1 cm³/mol. The molecule has 150 valence electrons. The number of hydrogen-bond acceptors (Lipinski definition) is 5. The van der Waals surface area contributed by atoms with Crippen LogP contribution in [-0.2, 0) is 4.74 Å². The SMILES string of the molecule is CC1CC(C(F)(F)F)n2nc(C(=O)OCC(=O)c3ccc(Cl)cc3Cl)cc2N1. The van der Waals surface area contributed by atoms with Gasteiger partial charge in [0.1, 0.15) is 5.82 Å². The zero-order valence-electron chi connectivity index (χ0n) is 14.4. The van der Waals surface area contributed by atoms with Gasteiger partial charge >= 0.3 is 12.1 Å². The van der Waals surface area contributed by atoms with Gasteiger partial charge in [0.05, 0.1) is 5.02 Å². The lowest BCUT2D eigenvalue weighted by Crippen LogP contribution is -2.37. The number of esters is 1. The highest BCUT2D eigenvalue weighted by atomic mass is 35.5. The number of Topliss-reactive ketones (excluding diaryl/α,β-unsaturated/α-hetero) is 1. The number of ketones is 1. The van der Waals surface area contributed by atoms with Crippen LogP contribution in [0.4, 0.5) is 19.0 Å². The Morgan fingerprint density at radius 2 is 2.04 bits per heavy atom. The van der Waals surface area contributed by atoms with Gasteiger partial charge in [-0.2, -0.15) is 18.3 Å². The number of fused-ring (bicyclic) bond motifs is 1. The summed E-state index contributed by atoms with van der Waals surface area (Å²) in [6.07, 6.45) is -4.74. The number of nitrogens with zero attached hydrogens (tertiary/aromatic N) is 2. The molecule has 1 aliphatic rings. The van der Waals surface area contributed by atoms with E-state index in [0.717, 1.165) is 6.07 Å². The van der Waals surface area contributed by atoms with Crippen molar-refractivity contribution in [1.29, 1.82) is 0 Å². The van der Waals surface area contributed by atoms with E-state index in [4.69, 9.17) is 27.9 Å². The smallest absolute Gasteiger partial charge is 0.410 e. The summed E-state index contributed by atoms with van der Waals surface area (Å²) in [5, 5.41) is 6.98. The Balaban J connectivity index is 1.73. The Hall–Kier alpha value is -2.26. The van der Waals surface area contributed by atoms with Gasteiger partial charge in [-0.3, -0.25) is 4.79 Å². The number of ether oxygens (including phenoxy) is 1. The highest BCUT2D eigenvalue weighted by molar-refractivity contribution is 6.36. The number of hydrogen-bond donors (Lipinski definition) is 1. The summed E-state index contributed by atoms with van der Waals surface area (Å²) in [6.45, 7) is 0.955. The molecule has 11 heteroatoms. The second-order valence-electron chi connectivity index (χ2n) is 6.32. The number of carbonyl (C=O) groups excluding carboxylic acids is 2. The van der Waals surface area contributed by atoms with Gasteiger partial charge < -0.3 is 10.1 Å². The number of nitrogens with one attached hydrogen (secondary N) is 1. The van der Waals surface area contributed by atoms with Crippen molar-refractivity contribution in [2.45, 2.75) is 31.6 Å². The van der Waals surface area contributed by atoms with Crippen LogP contribution < -0.4 is 5.32 Å². The van der Waals surface area contributed by atoms with Crippen molar-refractivity contribution in [3.63, 3.8) is 0 Å². The largest absolute Gasteiger partial charge is 0.453 e. The normalized spacial score (nSPS) is 18.9. The van der Waals surface area contributed by atoms with E-state index in [0.29, 0.717) is 9.70 Å². The van der Waals surface area contributed by atoms with E-state index < -0.39 is 36.6 Å². The van der Waals surface area contributed by atoms with Crippen molar-refractivity contribution in [1.82, 2.24) is 9.78 Å². The first-order valence-corrected chi connectivity index (χ1v) is 8.90. The molecule has 0 amide bonds. The topological polar surface area (TPSA) is 73.2 Å². The van der Waals surface area contributed by atoms with Crippen LogP contribution in [-0.4, -0.2) is 40.4 Å². The number of halogens is 5. The molecule has 0 fully saturated rings. The molecule has 2 unspecified atom stereocenters. The zero-order valence-corrected chi connectivity index (χ0v) is 15.9. The Morgan fingerprint density at radius 1 is 1.32 bits per heavy atom. The van der Waals surface area contributed by atoms with Crippen LogP contribution >= 0.6 is 23.2 Å². The fourth-order valence-corrected chi connectivity index (χ4v) is 3.37. The fourth-order valence-electron chi connectivity index (χ4n) is 2.86. The highest BCUT2D eigenvalue weighted by Crippen LogP contribution is 2.39. The van der Waals surface area contributed by atoms with E-state index in [-0.39, 0.29) is 28.5 Å². The lowest BCUT2D eigenvalue weighted by atomic mass is 10.1. The zero-order chi connectivity index (χ0) is 20.6. The summed E-state index contributed by atoms with van der Waals surface area (Å²) in [5.74, 6) is -1.55. The number of carbonyl (C=O) groups is 2. The van der Waals surface area contributed by atoms with E-state index in [1.807, 2.05) is 0 Å². The minimum Gasteiger partial charge on any atom is -0.453 e. The Bertz CT molecular complexity index is 930. The van der Waals surface area contributed by atoms with Crippen molar-refractivity contribution in [2.75, 3.05) is 11.9 Å². The number of rotatable bonds is 4. The average Bonchev–Trinajstić information content (AvgIpc) is 3.01. The lowest BCUT2D eigenvalue weighted by molar-refractivity contribution is -0.173. The van der Waals surface area contributed by atoms with Crippen LogP contribution in [0.5, 0.6) is 0 Å². The standard InChI is InChI=1S/C17H14Cl2F3N3O3/c1-8-4-14(17(20,21)22)25-15(23-8)6-12(24-25)16(27)28-7-13(26)10-3-2-9(18)5-11(10)19/h2-3,5-6,8,14,23H,4,7H2,1H3. The molecule has 1 N–H and O–H groups in total. The second-order valence-corrected chi connectivity index (χ2v) is 7.16. The van der Waals surface area contributed by atoms with Gasteiger partial charge in [0, 0.05) is 22.7 Å². The molecule has 2 heterocycles. The molecule has 0 radical (unpaired) electrons. The summed E-state index contributed by atoms with van der Waals surface area (Å²) in [5.41, 5.74) is -0.225. The Kier molecular flexibility index (Phi) is 5.58.